The van der Waals surface area contributed by atoms with Gasteiger partial charge in [0.1, 0.15) is 0 Å². The lowest BCUT2D eigenvalue weighted by molar-refractivity contribution is -0.116. The molecule has 5 amide bonds. The number of methoxy groups -OCH3 is 1. The second-order valence-corrected chi connectivity index (χ2v) is 39.6. The number of aromatic nitrogens is 7. The third-order valence-electron chi connectivity index (χ3n) is 21.4. The number of benzene rings is 8. The number of anilines is 4. The van der Waals surface area contributed by atoms with E-state index >= 15 is 0 Å². The van der Waals surface area contributed by atoms with Crippen LogP contribution in [0.25, 0.3) is 43.9 Å². The molecule has 22 nitrogen and oxygen atoms in total. The third kappa shape index (κ3) is 25.0. The molecule has 4 aliphatic rings. The molecule has 120 heavy (non-hydrogen) atoms. The molecule has 0 aliphatic carbocycles. The highest BCUT2D eigenvalue weighted by molar-refractivity contribution is 5.99. The van der Waals surface area contributed by atoms with E-state index < -0.39 is 5.76 Å². The maximum Gasteiger partial charge on any atom is 0.417 e. The smallest absolute Gasteiger partial charge is 0.417 e. The molecule has 0 saturated carbocycles. The molecule has 0 spiro atoms. The molecule has 0 atom stereocenters. The molecule has 22 heteroatoms. The molecule has 8 heterocycles. The van der Waals surface area contributed by atoms with Crippen LogP contribution in [-0.2, 0) is 90.4 Å². The lowest BCUT2D eigenvalue weighted by Gasteiger charge is -2.20. The molecule has 640 valence electrons. The first-order chi connectivity index (χ1) is 55.7. The lowest BCUT2D eigenvalue weighted by atomic mass is 9.85. The maximum atomic E-state index is 11.7. The summed E-state index contributed by atoms with van der Waals surface area (Å²) in [5, 5.41) is 26.0. The zero-order valence-corrected chi connectivity index (χ0v) is 75.5. The Morgan fingerprint density at radius 3 is 1.32 bits per heavy atom. The van der Waals surface area contributed by atoms with Gasteiger partial charge in [-0.05, 0) is 202 Å². The molecule has 10 N–H and O–H groups in total. The maximum absolute atomic E-state index is 11.7. The minimum Gasteiger partial charge on any atom is -0.480 e. The van der Waals surface area contributed by atoms with Crippen molar-refractivity contribution < 1.29 is 33.1 Å². The topological polar surface area (TPSA) is 308 Å². The van der Waals surface area contributed by atoms with Gasteiger partial charge in [0.25, 0.3) is 5.56 Å². The molecule has 16 rings (SSSR count). The molecule has 0 fully saturated rings. The van der Waals surface area contributed by atoms with E-state index in [2.05, 4.69) is 290 Å². The summed E-state index contributed by atoms with van der Waals surface area (Å²) in [5.41, 5.74) is 24.6. The Labute approximate surface area is 706 Å². The standard InChI is InChI=1S/C14H19NO.C13H18N2O.C13H17NO2.2C12H16N2O.C12H15NO.C11H14N2O.C11H13NO2/c1-14(2,3)11-7-8-12-10(9-11)5-4-6-13(16)15-12;1-13(2,3)10-4-5-11-9(8-10)6-7-14-12(16)15-11;1-13(2,3)10-4-5-11-9(8-10)6-7-16-12(15)14-11;1-12(2,3)8-5-6-10-9(7-8)11(15-4)14-13-10;1-12(2,3)8-5-6-10-9(7-8)11(15)14(4)13-10;1-12(2,3)9-4-5-10-8(6-9)7-11(14)13-10;1-11(2,3)7-4-5-8-9(6-7)13-10(14)12-8;1-11(2,3)7-4-5-8-9(6-7)14-10(13)12-8/h7-9H,4-6H2,1-3H3,(H,15,16);4-5,8H,6-7H2,1-3H3,(H2,14,15,16);4-5,8H,6-7H2,1-3H3,(H,14,15);5-7H,1-4H3,(H,13,14);5-7,13H,1-4H3;4-6H,7H2,1-3H3,(H,13,14);4-6H,1-3H3,(H2,12,13,14);4-6H,1-3H3,(H,12,13). The number of rotatable bonds is 1. The van der Waals surface area contributed by atoms with Crippen LogP contribution < -0.4 is 48.3 Å². The van der Waals surface area contributed by atoms with Crippen molar-refractivity contribution in [3.05, 3.63) is 244 Å². The van der Waals surface area contributed by atoms with Gasteiger partial charge in [-0.15, -0.1) is 5.10 Å². The molecular formula is C98H128N12O10. The first-order valence-electron chi connectivity index (χ1n) is 41.4. The van der Waals surface area contributed by atoms with Gasteiger partial charge in [0.2, 0.25) is 17.7 Å². The number of imidazole rings is 1. The summed E-state index contributed by atoms with van der Waals surface area (Å²) in [6.45, 7) is 53.3. The quantitative estimate of drug-likeness (QED) is 0.0737. The summed E-state index contributed by atoms with van der Waals surface area (Å²) in [5.74, 6) is 0.510. The first-order valence-corrected chi connectivity index (χ1v) is 41.4. The molecule has 0 unspecified atom stereocenters. The zero-order valence-electron chi connectivity index (χ0n) is 75.5. The van der Waals surface area contributed by atoms with E-state index in [-0.39, 0.29) is 78.5 Å². The third-order valence-corrected chi connectivity index (χ3v) is 21.4. The van der Waals surface area contributed by atoms with Crippen molar-refractivity contribution in [1.29, 1.82) is 0 Å². The fourth-order valence-corrected chi connectivity index (χ4v) is 13.6. The first kappa shape index (κ1) is 92.2. The molecule has 12 aromatic rings. The van der Waals surface area contributed by atoms with E-state index in [1.807, 2.05) is 78.9 Å². The number of cyclic esters (lactones) is 1. The Morgan fingerprint density at radius 1 is 0.383 bits per heavy atom. The van der Waals surface area contributed by atoms with Crippen molar-refractivity contribution in [2.75, 3.05) is 41.5 Å². The van der Waals surface area contributed by atoms with E-state index in [9.17, 15) is 33.6 Å². The number of carbonyl (C=O) groups is 4. The van der Waals surface area contributed by atoms with Crippen molar-refractivity contribution in [2.45, 2.75) is 248 Å². The minimum atomic E-state index is -0.397. The Bertz CT molecular complexity index is 5550. The van der Waals surface area contributed by atoms with Gasteiger partial charge in [0, 0.05) is 49.2 Å². The number of carbonyl (C=O) groups excluding carboxylic acids is 4. The van der Waals surface area contributed by atoms with Gasteiger partial charge in [-0.3, -0.25) is 39.6 Å². The van der Waals surface area contributed by atoms with Crippen LogP contribution in [0.2, 0.25) is 0 Å². The van der Waals surface area contributed by atoms with Crippen LogP contribution in [0, 0.1) is 0 Å². The molecular weight excluding hydrogens is 1510 g/mol. The Hall–Kier alpha value is -11.7. The number of urea groups is 1. The number of aromatic amines is 5. The summed E-state index contributed by atoms with van der Waals surface area (Å²) >= 11 is 0. The molecule has 4 aromatic heterocycles. The van der Waals surface area contributed by atoms with Gasteiger partial charge in [0.15, 0.2) is 5.58 Å². The van der Waals surface area contributed by atoms with Crippen molar-refractivity contribution in [2.24, 2.45) is 7.05 Å². The van der Waals surface area contributed by atoms with Gasteiger partial charge >= 0.3 is 23.6 Å². The normalized spacial score (nSPS) is 14.1. The average Bonchev–Trinajstić information content (AvgIpc) is 1.61. The van der Waals surface area contributed by atoms with Gasteiger partial charge in [-0.25, -0.2) is 19.2 Å². The molecule has 4 aliphatic heterocycles. The van der Waals surface area contributed by atoms with E-state index in [4.69, 9.17) is 13.9 Å². The van der Waals surface area contributed by atoms with Crippen LogP contribution in [0.1, 0.15) is 246 Å². The number of nitrogens with one attached hydrogen (secondary N) is 10. The van der Waals surface area contributed by atoms with Crippen molar-refractivity contribution >= 4 is 90.6 Å². The highest BCUT2D eigenvalue weighted by Crippen LogP contribution is 2.36. The number of H-pyrrole nitrogens is 5. The van der Waals surface area contributed by atoms with Crippen LogP contribution in [-0.4, -0.2) is 79.1 Å². The average molecular weight is 1630 g/mol. The second-order valence-electron chi connectivity index (χ2n) is 39.6. The van der Waals surface area contributed by atoms with E-state index in [1.54, 1.807) is 14.2 Å². The van der Waals surface area contributed by atoms with Gasteiger partial charge in [0.05, 0.1) is 58.5 Å². The highest BCUT2D eigenvalue weighted by atomic mass is 16.5. The Morgan fingerprint density at radius 2 is 0.792 bits per heavy atom. The Kier molecular flexibility index (Phi) is 28.4. The molecule has 8 aromatic carbocycles. The summed E-state index contributed by atoms with van der Waals surface area (Å²) in [6.07, 6.45) is 4.42. The molecule has 0 saturated heterocycles. The van der Waals surface area contributed by atoms with Crippen LogP contribution in [0.3, 0.4) is 0 Å². The summed E-state index contributed by atoms with van der Waals surface area (Å²) in [7, 11) is 3.37. The fourth-order valence-electron chi connectivity index (χ4n) is 13.6. The monoisotopic (exact) mass is 1630 g/mol. The minimum absolute atomic E-state index is 0.0381. The summed E-state index contributed by atoms with van der Waals surface area (Å²) < 4.78 is 16.7. The summed E-state index contributed by atoms with van der Waals surface area (Å²) in [6, 6.07) is 49.1. The number of fused-ring (bicyclic) bond motifs is 8. The second kappa shape index (κ2) is 36.9. The predicted molar refractivity (Wildman–Crippen MR) is 491 cm³/mol. The van der Waals surface area contributed by atoms with E-state index in [0.29, 0.717) is 37.5 Å². The van der Waals surface area contributed by atoms with Gasteiger partial charge in [-0.1, -0.05) is 239 Å². The fraction of sp³-hybridized carbons (Fsp3) is 0.429. The largest absolute Gasteiger partial charge is 0.480 e. The van der Waals surface area contributed by atoms with Crippen molar-refractivity contribution in [3.8, 4) is 5.88 Å². The number of aryl methyl sites for hydroxylation is 2. The number of oxazole rings is 1. The van der Waals surface area contributed by atoms with Crippen LogP contribution in [0.15, 0.2) is 164 Å². The Balaban J connectivity index is 0.000000156. The van der Waals surface area contributed by atoms with Crippen molar-refractivity contribution in [3.63, 3.8) is 0 Å². The van der Waals surface area contributed by atoms with Crippen LogP contribution in [0.5, 0.6) is 5.88 Å². The van der Waals surface area contributed by atoms with E-state index in [1.165, 1.54) is 54.8 Å². The highest BCUT2D eigenvalue weighted by Gasteiger charge is 2.26. The molecule has 0 bridgehead atoms. The number of hydrogen-bond acceptors (Lipinski definition) is 11. The number of ether oxygens (including phenoxy) is 2. The van der Waals surface area contributed by atoms with Gasteiger partial charge < -0.3 is 45.1 Å². The number of amides is 5. The van der Waals surface area contributed by atoms with E-state index in [0.717, 1.165) is 103 Å². The lowest BCUT2D eigenvalue weighted by Crippen LogP contribution is -2.27. The van der Waals surface area contributed by atoms with Crippen molar-refractivity contribution in [1.82, 2.24) is 40.2 Å². The zero-order chi connectivity index (χ0) is 88.6. The summed E-state index contributed by atoms with van der Waals surface area (Å²) in [4.78, 5) is 86.9. The SMILES string of the molecule is CC(C)(C)c1ccc2[nH]c(=O)[nH]c2c1.CC(C)(C)c1ccc2[nH]c(=O)oc2c1.CC(C)(C)c1ccc2c(c1)CC(=O)N2.CC(C)(C)c1ccc2c(c1)CCCC(=O)N2.CC(C)(C)c1ccc2c(c1)CCNC(=O)N2.CC(C)(C)c1ccc2c(c1)CCOC(=O)N2.COc1n[nH]c2ccc(C(C)(C)C)cc12.Cn1[nH]c2ccc(C(C)(C)C)cc2c1=O. The van der Waals surface area contributed by atoms with Crippen LogP contribution in [0.4, 0.5) is 32.3 Å². The van der Waals surface area contributed by atoms with Gasteiger partial charge in [-0.2, -0.15) is 0 Å². The van der Waals surface area contributed by atoms with Crippen LogP contribution >= 0.6 is 0 Å². The number of nitrogens with zero attached hydrogens (tertiary/aromatic N) is 2. The number of hydrogen-bond donors (Lipinski definition) is 10. The molecule has 0 radical (unpaired) electrons. The predicted octanol–water partition coefficient (Wildman–Crippen LogP) is 21.1.